The molecule has 224 valence electrons. The number of aliphatic hydroxyl groups is 1. The number of hydrogen-bond acceptors (Lipinski definition) is 7. The van der Waals surface area contributed by atoms with Crippen LogP contribution in [-0.2, 0) is 25.7 Å². The van der Waals surface area contributed by atoms with E-state index >= 15 is 0 Å². The summed E-state index contributed by atoms with van der Waals surface area (Å²) in [6, 6.07) is 5.11. The van der Waals surface area contributed by atoms with Crippen molar-refractivity contribution >= 4 is 35.0 Å². The van der Waals surface area contributed by atoms with Crippen molar-refractivity contribution in [1.29, 1.82) is 0 Å². The van der Waals surface area contributed by atoms with Gasteiger partial charge < -0.3 is 26.0 Å². The number of aliphatic hydroxyl groups excluding tert-OH is 1. The average molecular weight is 586 g/mol. The van der Waals surface area contributed by atoms with Crippen molar-refractivity contribution in [3.8, 4) is 10.4 Å². The van der Waals surface area contributed by atoms with Crippen LogP contribution in [0.3, 0.4) is 0 Å². The number of carbonyl (C=O) groups excluding carboxylic acids is 4. The Bertz CT molecular complexity index is 1260. The first-order valence-corrected chi connectivity index (χ1v) is 14.7. The van der Waals surface area contributed by atoms with Gasteiger partial charge in [-0.15, -0.1) is 11.3 Å². The van der Waals surface area contributed by atoms with Crippen LogP contribution >= 0.6 is 11.3 Å². The molecule has 0 unspecified atom stereocenters. The van der Waals surface area contributed by atoms with Gasteiger partial charge in [0.25, 0.3) is 0 Å². The van der Waals surface area contributed by atoms with Crippen LogP contribution in [0.4, 0.5) is 0 Å². The highest BCUT2D eigenvalue weighted by Crippen LogP contribution is 2.29. The zero-order valence-corrected chi connectivity index (χ0v) is 26.0. The minimum atomic E-state index is -0.989. The summed E-state index contributed by atoms with van der Waals surface area (Å²) in [6.45, 7) is 14.5. The number of likely N-dealkylation sites (tertiary alicyclic amines) is 1. The van der Waals surface area contributed by atoms with Crippen LogP contribution < -0.4 is 16.0 Å². The highest BCUT2D eigenvalue weighted by atomic mass is 32.1. The van der Waals surface area contributed by atoms with Crippen molar-refractivity contribution in [2.75, 3.05) is 6.54 Å². The van der Waals surface area contributed by atoms with E-state index < -0.39 is 46.9 Å². The van der Waals surface area contributed by atoms with E-state index in [1.54, 1.807) is 11.3 Å². The maximum Gasteiger partial charge on any atom is 0.246 e. The predicted molar refractivity (Wildman–Crippen MR) is 159 cm³/mol. The maximum atomic E-state index is 13.9. The quantitative estimate of drug-likeness (QED) is 0.376. The zero-order valence-electron chi connectivity index (χ0n) is 25.2. The summed E-state index contributed by atoms with van der Waals surface area (Å²) in [5, 5.41) is 18.9. The van der Waals surface area contributed by atoms with Crippen LogP contribution in [0.1, 0.15) is 66.1 Å². The van der Waals surface area contributed by atoms with E-state index in [-0.39, 0.29) is 31.3 Å². The van der Waals surface area contributed by atoms with E-state index in [4.69, 9.17) is 0 Å². The monoisotopic (exact) mass is 585 g/mol. The van der Waals surface area contributed by atoms with E-state index in [1.165, 1.54) is 11.8 Å². The van der Waals surface area contributed by atoms with Crippen molar-refractivity contribution in [3.05, 3.63) is 41.0 Å². The van der Waals surface area contributed by atoms with Crippen LogP contribution in [0.2, 0.25) is 0 Å². The maximum absolute atomic E-state index is 13.9. The Balaban J connectivity index is 1.73. The lowest BCUT2D eigenvalue weighted by Gasteiger charge is -2.37. The molecule has 1 fully saturated rings. The Kier molecular flexibility index (Phi) is 9.97. The van der Waals surface area contributed by atoms with Crippen LogP contribution in [0.25, 0.3) is 10.4 Å². The van der Waals surface area contributed by atoms with Gasteiger partial charge in [-0.3, -0.25) is 19.2 Å². The molecule has 1 saturated heterocycles. The third-order valence-electron chi connectivity index (χ3n) is 7.17. The first-order chi connectivity index (χ1) is 19.0. The SMILES string of the molecule is CC(=O)N[C@H](C(=O)N[C@H](C(=O)N1C[C@H](O)C[C@H]1C(=O)NCc1ccc(-c2scnc2C)cc1)C(C)(C)C)C(C)(C)C. The van der Waals surface area contributed by atoms with Crippen LogP contribution in [0.15, 0.2) is 29.8 Å². The van der Waals surface area contributed by atoms with Gasteiger partial charge in [0.15, 0.2) is 0 Å². The van der Waals surface area contributed by atoms with Crippen molar-refractivity contribution < 1.29 is 24.3 Å². The highest BCUT2D eigenvalue weighted by molar-refractivity contribution is 7.13. The molecule has 41 heavy (non-hydrogen) atoms. The van der Waals surface area contributed by atoms with Crippen molar-refractivity contribution in [3.63, 3.8) is 0 Å². The number of carbonyl (C=O) groups is 4. The fourth-order valence-electron chi connectivity index (χ4n) is 4.88. The molecule has 2 heterocycles. The van der Waals surface area contributed by atoms with Gasteiger partial charge in [0.05, 0.1) is 22.2 Å². The molecular weight excluding hydrogens is 542 g/mol. The topological polar surface area (TPSA) is 141 Å². The molecule has 0 bridgehead atoms. The highest BCUT2D eigenvalue weighted by Gasteiger charge is 2.45. The van der Waals surface area contributed by atoms with E-state index in [1.807, 2.05) is 78.2 Å². The minimum absolute atomic E-state index is 0.0172. The molecule has 0 spiro atoms. The summed E-state index contributed by atoms with van der Waals surface area (Å²) >= 11 is 1.57. The fourth-order valence-corrected chi connectivity index (χ4v) is 5.70. The second-order valence-corrected chi connectivity index (χ2v) is 13.7. The molecular formula is C30H43N5O5S. The van der Waals surface area contributed by atoms with Gasteiger partial charge in [-0.05, 0) is 28.9 Å². The van der Waals surface area contributed by atoms with Gasteiger partial charge in [0, 0.05) is 26.4 Å². The largest absolute Gasteiger partial charge is 0.391 e. The molecule has 0 aliphatic carbocycles. The molecule has 4 amide bonds. The van der Waals surface area contributed by atoms with Gasteiger partial charge in [0.1, 0.15) is 18.1 Å². The number of thiazole rings is 1. The molecule has 1 aromatic carbocycles. The second kappa shape index (κ2) is 12.7. The summed E-state index contributed by atoms with van der Waals surface area (Å²) in [7, 11) is 0. The van der Waals surface area contributed by atoms with Crippen molar-refractivity contribution in [2.24, 2.45) is 10.8 Å². The summed E-state index contributed by atoms with van der Waals surface area (Å²) in [5.41, 5.74) is 3.41. The Morgan fingerprint density at radius 2 is 1.63 bits per heavy atom. The minimum Gasteiger partial charge on any atom is -0.391 e. The normalized spacial score (nSPS) is 18.9. The average Bonchev–Trinajstić information content (AvgIpc) is 3.48. The van der Waals surface area contributed by atoms with Gasteiger partial charge in [0.2, 0.25) is 23.6 Å². The molecule has 3 rings (SSSR count). The van der Waals surface area contributed by atoms with Gasteiger partial charge in [-0.25, -0.2) is 4.98 Å². The molecule has 11 heteroatoms. The molecule has 10 nitrogen and oxygen atoms in total. The molecule has 1 aromatic heterocycles. The molecule has 4 N–H and O–H groups in total. The van der Waals surface area contributed by atoms with Crippen LogP contribution in [-0.4, -0.2) is 69.4 Å². The fraction of sp³-hybridized carbons (Fsp3) is 0.567. The Morgan fingerprint density at radius 3 is 2.15 bits per heavy atom. The first-order valence-electron chi connectivity index (χ1n) is 13.8. The van der Waals surface area contributed by atoms with Crippen LogP contribution in [0, 0.1) is 17.8 Å². The summed E-state index contributed by atoms with van der Waals surface area (Å²) in [6.07, 6.45) is -0.766. The number of hydrogen-bond donors (Lipinski definition) is 4. The predicted octanol–water partition coefficient (Wildman–Crippen LogP) is 2.78. The zero-order chi connectivity index (χ0) is 30.7. The van der Waals surface area contributed by atoms with Crippen molar-refractivity contribution in [2.45, 2.75) is 92.6 Å². The van der Waals surface area contributed by atoms with Gasteiger partial charge in [-0.2, -0.15) is 0 Å². The van der Waals surface area contributed by atoms with E-state index in [9.17, 15) is 24.3 Å². The molecule has 0 saturated carbocycles. The molecule has 4 atom stereocenters. The van der Waals surface area contributed by atoms with E-state index in [0.717, 1.165) is 21.7 Å². The van der Waals surface area contributed by atoms with Gasteiger partial charge in [-0.1, -0.05) is 65.8 Å². The summed E-state index contributed by atoms with van der Waals surface area (Å²) < 4.78 is 0. The third kappa shape index (κ3) is 8.13. The summed E-state index contributed by atoms with van der Waals surface area (Å²) in [5.74, 6) is -1.67. The molecule has 1 aliphatic rings. The Labute approximate surface area is 246 Å². The Morgan fingerprint density at radius 1 is 1.02 bits per heavy atom. The number of aryl methyl sites for hydroxylation is 1. The number of amides is 4. The lowest BCUT2D eigenvalue weighted by atomic mass is 9.83. The molecule has 1 aliphatic heterocycles. The van der Waals surface area contributed by atoms with Crippen molar-refractivity contribution in [1.82, 2.24) is 25.8 Å². The first kappa shape index (κ1) is 32.2. The van der Waals surface area contributed by atoms with Gasteiger partial charge >= 0.3 is 0 Å². The number of nitrogens with zero attached hydrogens (tertiary/aromatic N) is 2. The number of rotatable bonds is 8. The van der Waals surface area contributed by atoms with E-state index in [2.05, 4.69) is 20.9 Å². The number of benzene rings is 1. The second-order valence-electron chi connectivity index (χ2n) is 12.9. The third-order valence-corrected chi connectivity index (χ3v) is 8.15. The Hall–Kier alpha value is -3.31. The lowest BCUT2D eigenvalue weighted by Crippen LogP contribution is -2.62. The number of nitrogens with one attached hydrogen (secondary N) is 3. The lowest BCUT2D eigenvalue weighted by molar-refractivity contribution is -0.145. The molecule has 2 aromatic rings. The van der Waals surface area contributed by atoms with E-state index in [0.29, 0.717) is 0 Å². The molecule has 0 radical (unpaired) electrons. The standard InChI is InChI=1S/C30H43N5O5S/c1-17-23(41-16-32-17)20-11-9-19(10-12-20)14-31-26(38)22-13-21(37)15-35(22)28(40)25(30(6,7)8)34-27(39)24(29(3,4)5)33-18(2)36/h9-12,16,21-22,24-25,37H,13-15H2,1-8H3,(H,31,38)(H,33,36)(H,34,39)/t21-,22+,24-,25-/m1/s1. The van der Waals surface area contributed by atoms with Crippen LogP contribution in [0.5, 0.6) is 0 Å². The summed E-state index contributed by atoms with van der Waals surface area (Å²) in [4.78, 5) is 59.0. The number of β-amino-alcohol motifs (C(OH)–C–C–N with tert-alkyl or cyclic N) is 1. The number of aromatic nitrogens is 1. The smallest absolute Gasteiger partial charge is 0.246 e.